The number of hydrogen-bond donors (Lipinski definition) is 2. The summed E-state index contributed by atoms with van der Waals surface area (Å²) in [6.07, 6.45) is 6.87. The molecule has 2 unspecified atom stereocenters. The fraction of sp³-hybridized carbons (Fsp3) is 0.429. The van der Waals surface area contributed by atoms with Crippen LogP contribution in [0.4, 0.5) is 0 Å². The number of aromatic amines is 1. The van der Waals surface area contributed by atoms with Crippen LogP contribution < -0.4 is 5.32 Å². The first-order chi connectivity index (χ1) is 8.90. The van der Waals surface area contributed by atoms with Crippen molar-refractivity contribution in [3.8, 4) is 0 Å². The van der Waals surface area contributed by atoms with Gasteiger partial charge in [-0.3, -0.25) is 4.99 Å². The molecule has 1 aromatic carbocycles. The van der Waals surface area contributed by atoms with E-state index in [0.29, 0.717) is 12.1 Å². The van der Waals surface area contributed by atoms with Crippen LogP contribution >= 0.6 is 0 Å². The maximum Gasteiger partial charge on any atom is 0.128 e. The summed E-state index contributed by atoms with van der Waals surface area (Å²) in [5, 5.41) is 3.58. The van der Waals surface area contributed by atoms with Crippen LogP contribution in [0.25, 0.3) is 11.0 Å². The molecule has 4 rings (SSSR count). The molecule has 4 nitrogen and oxygen atoms in total. The lowest BCUT2D eigenvalue weighted by Gasteiger charge is -2.23. The first-order valence-corrected chi connectivity index (χ1v) is 6.68. The smallest absolute Gasteiger partial charge is 0.128 e. The third kappa shape index (κ3) is 1.52. The van der Waals surface area contributed by atoms with Crippen molar-refractivity contribution in [1.82, 2.24) is 15.3 Å². The van der Waals surface area contributed by atoms with Gasteiger partial charge in [-0.2, -0.15) is 0 Å². The number of imidazole rings is 1. The minimum absolute atomic E-state index is 0.492. The lowest BCUT2D eigenvalue weighted by Crippen LogP contribution is -2.36. The summed E-state index contributed by atoms with van der Waals surface area (Å²) in [6.45, 7) is 0. The zero-order valence-electron chi connectivity index (χ0n) is 10.2. The third-order valence-corrected chi connectivity index (χ3v) is 4.04. The Bertz CT molecular complexity index is 613. The van der Waals surface area contributed by atoms with Crippen molar-refractivity contribution in [3.05, 3.63) is 30.1 Å². The summed E-state index contributed by atoms with van der Waals surface area (Å²) in [5.41, 5.74) is 3.25. The highest BCUT2D eigenvalue weighted by atomic mass is 15.1. The molecule has 1 saturated carbocycles. The Morgan fingerprint density at radius 2 is 2.11 bits per heavy atom. The Morgan fingerprint density at radius 3 is 3.06 bits per heavy atom. The van der Waals surface area contributed by atoms with Gasteiger partial charge in [0.1, 0.15) is 5.84 Å². The van der Waals surface area contributed by atoms with E-state index in [1.165, 1.54) is 31.2 Å². The summed E-state index contributed by atoms with van der Waals surface area (Å²) >= 11 is 0. The molecule has 2 heterocycles. The van der Waals surface area contributed by atoms with Gasteiger partial charge in [-0.15, -0.1) is 0 Å². The number of H-pyrrole nitrogens is 1. The molecule has 1 aromatic heterocycles. The molecule has 92 valence electrons. The molecule has 0 amide bonds. The average molecular weight is 240 g/mol. The lowest BCUT2D eigenvalue weighted by molar-refractivity contribution is 0.385. The first kappa shape index (κ1) is 10.1. The van der Waals surface area contributed by atoms with Crippen LogP contribution in [0.3, 0.4) is 0 Å². The summed E-state index contributed by atoms with van der Waals surface area (Å²) in [7, 11) is 0. The lowest BCUT2D eigenvalue weighted by atomic mass is 9.92. The molecule has 0 radical (unpaired) electrons. The molecular formula is C14H16N4. The first-order valence-electron chi connectivity index (χ1n) is 6.68. The largest absolute Gasteiger partial charge is 0.365 e. The van der Waals surface area contributed by atoms with Crippen molar-refractivity contribution in [2.24, 2.45) is 4.99 Å². The minimum Gasteiger partial charge on any atom is -0.365 e. The van der Waals surface area contributed by atoms with E-state index in [9.17, 15) is 0 Å². The molecule has 0 spiro atoms. The van der Waals surface area contributed by atoms with Gasteiger partial charge in [-0.1, -0.05) is 12.8 Å². The van der Waals surface area contributed by atoms with Gasteiger partial charge < -0.3 is 10.3 Å². The third-order valence-electron chi connectivity index (χ3n) is 4.04. The molecule has 1 fully saturated rings. The second-order valence-electron chi connectivity index (χ2n) is 5.21. The van der Waals surface area contributed by atoms with Crippen LogP contribution in [0.5, 0.6) is 0 Å². The number of nitrogens with zero attached hydrogens (tertiary/aromatic N) is 2. The molecule has 2 aromatic rings. The maximum absolute atomic E-state index is 4.84. The highest BCUT2D eigenvalue weighted by Crippen LogP contribution is 2.26. The van der Waals surface area contributed by atoms with E-state index < -0.39 is 0 Å². The van der Waals surface area contributed by atoms with Crippen molar-refractivity contribution >= 4 is 16.9 Å². The zero-order chi connectivity index (χ0) is 11.9. The molecule has 0 bridgehead atoms. The van der Waals surface area contributed by atoms with Crippen molar-refractivity contribution in [1.29, 1.82) is 0 Å². The molecule has 2 atom stereocenters. The van der Waals surface area contributed by atoms with Gasteiger partial charge in [0, 0.05) is 11.6 Å². The van der Waals surface area contributed by atoms with Crippen LogP contribution in [-0.2, 0) is 0 Å². The SMILES string of the molecule is c1nc2ccc(C3=NC4CCCCC4N3)cc2[nH]1. The fourth-order valence-electron chi connectivity index (χ4n) is 3.05. The molecule has 18 heavy (non-hydrogen) atoms. The fourth-order valence-corrected chi connectivity index (χ4v) is 3.05. The number of amidine groups is 1. The zero-order valence-corrected chi connectivity index (χ0v) is 10.2. The molecule has 2 N–H and O–H groups in total. The van der Waals surface area contributed by atoms with Crippen molar-refractivity contribution in [2.45, 2.75) is 37.8 Å². The summed E-state index contributed by atoms with van der Waals surface area (Å²) < 4.78 is 0. The topological polar surface area (TPSA) is 53.1 Å². The number of nitrogens with one attached hydrogen (secondary N) is 2. The van der Waals surface area contributed by atoms with Gasteiger partial charge in [-0.25, -0.2) is 4.98 Å². The Balaban J connectivity index is 1.70. The molecule has 1 aliphatic carbocycles. The van der Waals surface area contributed by atoms with E-state index in [1.807, 2.05) is 6.07 Å². The predicted octanol–water partition coefficient (Wildman–Crippen LogP) is 2.22. The van der Waals surface area contributed by atoms with E-state index in [2.05, 4.69) is 27.4 Å². The van der Waals surface area contributed by atoms with Crippen LogP contribution in [0.15, 0.2) is 29.5 Å². The summed E-state index contributed by atoms with van der Waals surface area (Å²) in [4.78, 5) is 12.2. The molecule has 0 saturated heterocycles. The number of hydrogen-bond acceptors (Lipinski definition) is 3. The number of fused-ring (bicyclic) bond motifs is 2. The molecule has 4 heteroatoms. The quantitative estimate of drug-likeness (QED) is 0.803. The molecular weight excluding hydrogens is 224 g/mol. The number of benzene rings is 1. The normalized spacial score (nSPS) is 26.8. The minimum atomic E-state index is 0.492. The van der Waals surface area contributed by atoms with Gasteiger partial charge in [-0.05, 0) is 31.0 Å². The van der Waals surface area contributed by atoms with Gasteiger partial charge in [0.15, 0.2) is 0 Å². The number of aliphatic imine (C=N–C) groups is 1. The van der Waals surface area contributed by atoms with Crippen molar-refractivity contribution < 1.29 is 0 Å². The molecule has 1 aliphatic heterocycles. The average Bonchev–Trinajstić information content (AvgIpc) is 3.04. The van der Waals surface area contributed by atoms with Crippen molar-refractivity contribution in [2.75, 3.05) is 0 Å². The number of aromatic nitrogens is 2. The summed E-state index contributed by atoms with van der Waals surface area (Å²) in [5.74, 6) is 1.06. The van der Waals surface area contributed by atoms with Crippen LogP contribution in [0, 0.1) is 0 Å². The Hall–Kier alpha value is -1.84. The van der Waals surface area contributed by atoms with E-state index in [4.69, 9.17) is 4.99 Å². The van der Waals surface area contributed by atoms with Crippen LogP contribution in [-0.4, -0.2) is 27.9 Å². The van der Waals surface area contributed by atoms with Gasteiger partial charge in [0.05, 0.1) is 23.4 Å². The van der Waals surface area contributed by atoms with E-state index in [1.54, 1.807) is 6.33 Å². The van der Waals surface area contributed by atoms with Gasteiger partial charge in [0.2, 0.25) is 0 Å². The highest BCUT2D eigenvalue weighted by molar-refractivity contribution is 6.02. The number of rotatable bonds is 1. The Labute approximate surface area is 106 Å². The second kappa shape index (κ2) is 3.83. The highest BCUT2D eigenvalue weighted by Gasteiger charge is 2.31. The second-order valence-corrected chi connectivity index (χ2v) is 5.21. The van der Waals surface area contributed by atoms with Crippen molar-refractivity contribution in [3.63, 3.8) is 0 Å². The Morgan fingerprint density at radius 1 is 1.17 bits per heavy atom. The van der Waals surface area contributed by atoms with E-state index in [-0.39, 0.29) is 0 Å². The predicted molar refractivity (Wildman–Crippen MR) is 71.8 cm³/mol. The van der Waals surface area contributed by atoms with Gasteiger partial charge >= 0.3 is 0 Å². The van der Waals surface area contributed by atoms with Crippen LogP contribution in [0.2, 0.25) is 0 Å². The van der Waals surface area contributed by atoms with E-state index >= 15 is 0 Å². The van der Waals surface area contributed by atoms with Gasteiger partial charge in [0.25, 0.3) is 0 Å². The van der Waals surface area contributed by atoms with E-state index in [0.717, 1.165) is 16.9 Å². The monoisotopic (exact) mass is 240 g/mol. The maximum atomic E-state index is 4.84. The molecule has 2 aliphatic rings. The Kier molecular flexibility index (Phi) is 2.15. The van der Waals surface area contributed by atoms with Crippen LogP contribution in [0.1, 0.15) is 31.2 Å². The standard InChI is InChI=1S/C14H16N4/c1-2-4-12-11(3-1)17-14(18-12)9-5-6-10-13(7-9)16-8-15-10/h5-8,11-12H,1-4H2,(H,15,16)(H,17,18). The summed E-state index contributed by atoms with van der Waals surface area (Å²) in [6, 6.07) is 7.34.